The van der Waals surface area contributed by atoms with Crippen molar-refractivity contribution in [2.75, 3.05) is 17.7 Å². The molecule has 1 aromatic heterocycles. The van der Waals surface area contributed by atoms with Gasteiger partial charge in [0.05, 0.1) is 25.4 Å². The van der Waals surface area contributed by atoms with E-state index in [1.807, 2.05) is 36.4 Å². The minimum Gasteiger partial charge on any atom is -0.497 e. The summed E-state index contributed by atoms with van der Waals surface area (Å²) in [5.74, 6) is 1.61. The third kappa shape index (κ3) is 5.48. The van der Waals surface area contributed by atoms with Crippen LogP contribution in [0, 0.1) is 0 Å². The molecule has 1 saturated carbocycles. The average Bonchev–Trinajstić information content (AvgIpc) is 2.92. The summed E-state index contributed by atoms with van der Waals surface area (Å²) >= 11 is 0. The molecule has 2 N–H and O–H groups in total. The van der Waals surface area contributed by atoms with Crippen molar-refractivity contribution in [3.05, 3.63) is 48.2 Å². The number of benzene rings is 1. The van der Waals surface area contributed by atoms with Gasteiger partial charge in [-0.3, -0.25) is 4.79 Å². The van der Waals surface area contributed by atoms with E-state index < -0.39 is 0 Å². The van der Waals surface area contributed by atoms with Crippen LogP contribution in [0.3, 0.4) is 0 Å². The first-order chi connectivity index (χ1) is 12.7. The zero-order valence-corrected chi connectivity index (χ0v) is 15.3. The molecule has 0 saturated heterocycles. The lowest BCUT2D eigenvalue weighted by molar-refractivity contribution is -0.115. The molecule has 0 atom stereocenters. The number of hydrogen-bond acceptors (Lipinski definition) is 4. The molecule has 5 heteroatoms. The maximum Gasteiger partial charge on any atom is 0.228 e. The number of carbonyl (C=O) groups is 1. The molecule has 1 amide bonds. The molecular formula is C21H27N3O2. The molecule has 0 bridgehead atoms. The number of ether oxygens (including phenoxy) is 1. The molecule has 138 valence electrons. The molecule has 1 aliphatic rings. The second-order valence-corrected chi connectivity index (χ2v) is 6.84. The molecule has 1 aromatic carbocycles. The number of amides is 1. The van der Waals surface area contributed by atoms with Crippen LogP contribution in [0.25, 0.3) is 0 Å². The summed E-state index contributed by atoms with van der Waals surface area (Å²) in [5, 5.41) is 6.42. The molecule has 0 spiro atoms. The van der Waals surface area contributed by atoms with Gasteiger partial charge in [0.15, 0.2) is 0 Å². The minimum atomic E-state index is -0.0542. The van der Waals surface area contributed by atoms with Gasteiger partial charge in [-0.25, -0.2) is 4.98 Å². The smallest absolute Gasteiger partial charge is 0.228 e. The van der Waals surface area contributed by atoms with Crippen LogP contribution in [0.5, 0.6) is 5.75 Å². The van der Waals surface area contributed by atoms with E-state index in [2.05, 4.69) is 15.6 Å². The highest BCUT2D eigenvalue weighted by molar-refractivity contribution is 5.92. The Bertz CT molecular complexity index is 690. The fraction of sp³-hybridized carbons (Fsp3) is 0.429. The van der Waals surface area contributed by atoms with Gasteiger partial charge >= 0.3 is 0 Å². The van der Waals surface area contributed by atoms with Crippen LogP contribution in [0.2, 0.25) is 0 Å². The van der Waals surface area contributed by atoms with Gasteiger partial charge in [0, 0.05) is 6.04 Å². The van der Waals surface area contributed by atoms with E-state index in [0.717, 1.165) is 22.8 Å². The lowest BCUT2D eigenvalue weighted by Crippen LogP contribution is -2.19. The highest BCUT2D eigenvalue weighted by atomic mass is 16.5. The first-order valence-corrected chi connectivity index (χ1v) is 9.38. The van der Waals surface area contributed by atoms with Crippen LogP contribution in [0.15, 0.2) is 42.6 Å². The van der Waals surface area contributed by atoms with Crippen molar-refractivity contribution in [2.45, 2.75) is 51.0 Å². The lowest BCUT2D eigenvalue weighted by atomic mass is 10.1. The van der Waals surface area contributed by atoms with Crippen molar-refractivity contribution >= 4 is 17.4 Å². The van der Waals surface area contributed by atoms with Crippen LogP contribution in [-0.2, 0) is 11.2 Å². The van der Waals surface area contributed by atoms with Gasteiger partial charge < -0.3 is 15.4 Å². The van der Waals surface area contributed by atoms with E-state index in [-0.39, 0.29) is 5.91 Å². The second kappa shape index (κ2) is 9.22. The summed E-state index contributed by atoms with van der Waals surface area (Å²) in [6.45, 7) is 0. The molecule has 1 heterocycles. The summed E-state index contributed by atoms with van der Waals surface area (Å²) in [7, 11) is 1.63. The summed E-state index contributed by atoms with van der Waals surface area (Å²) in [6.07, 6.45) is 9.71. The molecule has 0 radical (unpaired) electrons. The Labute approximate surface area is 155 Å². The van der Waals surface area contributed by atoms with E-state index in [9.17, 15) is 4.79 Å². The molecule has 1 aliphatic carbocycles. The van der Waals surface area contributed by atoms with Gasteiger partial charge in [-0.1, -0.05) is 37.8 Å². The maximum absolute atomic E-state index is 12.2. The van der Waals surface area contributed by atoms with E-state index in [1.54, 1.807) is 13.3 Å². The van der Waals surface area contributed by atoms with Crippen molar-refractivity contribution in [3.8, 4) is 5.75 Å². The Morgan fingerprint density at radius 2 is 1.81 bits per heavy atom. The Morgan fingerprint density at radius 3 is 2.42 bits per heavy atom. The van der Waals surface area contributed by atoms with Crippen LogP contribution < -0.4 is 15.4 Å². The van der Waals surface area contributed by atoms with E-state index in [1.165, 1.54) is 38.5 Å². The zero-order chi connectivity index (χ0) is 18.2. The summed E-state index contributed by atoms with van der Waals surface area (Å²) in [5.41, 5.74) is 1.66. The number of carbonyl (C=O) groups excluding carboxylic acids is 1. The standard InChI is InChI=1S/C21H27N3O2/c1-26-19-11-8-16(9-12-19)14-21(25)24-18-10-13-20(22-15-18)23-17-6-4-2-3-5-7-17/h8-13,15,17H,2-7,14H2,1H3,(H,22,23)(H,24,25). The van der Waals surface area contributed by atoms with Crippen LogP contribution >= 0.6 is 0 Å². The normalized spacial score (nSPS) is 15.1. The zero-order valence-electron chi connectivity index (χ0n) is 15.3. The van der Waals surface area contributed by atoms with Gasteiger partial charge in [0.25, 0.3) is 0 Å². The fourth-order valence-electron chi connectivity index (χ4n) is 3.32. The Hall–Kier alpha value is -2.56. The van der Waals surface area contributed by atoms with Crippen LogP contribution in [-0.4, -0.2) is 24.0 Å². The Morgan fingerprint density at radius 1 is 1.08 bits per heavy atom. The first-order valence-electron chi connectivity index (χ1n) is 9.38. The summed E-state index contributed by atoms with van der Waals surface area (Å²) in [6, 6.07) is 11.9. The number of aromatic nitrogens is 1. The number of methoxy groups -OCH3 is 1. The van der Waals surface area contributed by atoms with Gasteiger partial charge in [0.2, 0.25) is 5.91 Å². The number of hydrogen-bond donors (Lipinski definition) is 2. The fourth-order valence-corrected chi connectivity index (χ4v) is 3.32. The van der Waals surface area contributed by atoms with Gasteiger partial charge in [-0.15, -0.1) is 0 Å². The van der Waals surface area contributed by atoms with Crippen molar-refractivity contribution in [1.82, 2.24) is 4.98 Å². The Kier molecular flexibility index (Phi) is 6.47. The molecule has 0 unspecified atom stereocenters. The third-order valence-electron chi connectivity index (χ3n) is 4.78. The van der Waals surface area contributed by atoms with E-state index in [4.69, 9.17) is 4.74 Å². The van der Waals surface area contributed by atoms with Gasteiger partial charge in [-0.05, 0) is 42.7 Å². The van der Waals surface area contributed by atoms with Crippen molar-refractivity contribution in [1.29, 1.82) is 0 Å². The first kappa shape index (κ1) is 18.2. The molecule has 2 aromatic rings. The summed E-state index contributed by atoms with van der Waals surface area (Å²) < 4.78 is 5.13. The summed E-state index contributed by atoms with van der Waals surface area (Å²) in [4.78, 5) is 16.6. The topological polar surface area (TPSA) is 63.2 Å². The molecule has 3 rings (SSSR count). The van der Waals surface area contributed by atoms with Crippen molar-refractivity contribution in [2.24, 2.45) is 0 Å². The SMILES string of the molecule is COc1ccc(CC(=O)Nc2ccc(NC3CCCCCC3)nc2)cc1. The second-order valence-electron chi connectivity index (χ2n) is 6.84. The van der Waals surface area contributed by atoms with Crippen LogP contribution in [0.4, 0.5) is 11.5 Å². The molecule has 0 aliphatic heterocycles. The quantitative estimate of drug-likeness (QED) is 0.755. The largest absolute Gasteiger partial charge is 0.497 e. The number of nitrogens with one attached hydrogen (secondary N) is 2. The maximum atomic E-state index is 12.2. The molecule has 1 fully saturated rings. The molecule has 26 heavy (non-hydrogen) atoms. The number of rotatable bonds is 6. The number of pyridine rings is 1. The minimum absolute atomic E-state index is 0.0542. The van der Waals surface area contributed by atoms with E-state index in [0.29, 0.717) is 12.5 Å². The van der Waals surface area contributed by atoms with Crippen molar-refractivity contribution in [3.63, 3.8) is 0 Å². The van der Waals surface area contributed by atoms with Crippen LogP contribution in [0.1, 0.15) is 44.1 Å². The third-order valence-corrected chi connectivity index (χ3v) is 4.78. The highest BCUT2D eigenvalue weighted by Crippen LogP contribution is 2.21. The predicted octanol–water partition coefficient (Wildman–Crippen LogP) is 4.41. The monoisotopic (exact) mass is 353 g/mol. The highest BCUT2D eigenvalue weighted by Gasteiger charge is 2.12. The van der Waals surface area contributed by atoms with E-state index >= 15 is 0 Å². The van der Waals surface area contributed by atoms with Crippen molar-refractivity contribution < 1.29 is 9.53 Å². The number of nitrogens with zero attached hydrogens (tertiary/aromatic N) is 1. The lowest BCUT2D eigenvalue weighted by Gasteiger charge is -2.17. The number of anilines is 2. The van der Waals surface area contributed by atoms with Gasteiger partial charge in [-0.2, -0.15) is 0 Å². The Balaban J connectivity index is 1.50. The molecular weight excluding hydrogens is 326 g/mol. The predicted molar refractivity (Wildman–Crippen MR) is 105 cm³/mol. The van der Waals surface area contributed by atoms with Gasteiger partial charge in [0.1, 0.15) is 11.6 Å². The average molecular weight is 353 g/mol. The molecule has 5 nitrogen and oxygen atoms in total.